The Morgan fingerprint density at radius 2 is 2.18 bits per heavy atom. The van der Waals surface area contributed by atoms with Crippen LogP contribution in [0.2, 0.25) is 0 Å². The van der Waals surface area contributed by atoms with E-state index in [-0.39, 0.29) is 6.29 Å². The van der Waals surface area contributed by atoms with Crippen LogP contribution in [0.15, 0.2) is 23.8 Å². The van der Waals surface area contributed by atoms with Crippen molar-refractivity contribution in [3.8, 4) is 0 Å². The molecule has 0 bridgehead atoms. The lowest BCUT2D eigenvalue weighted by Gasteiger charge is -2.07. The quantitative estimate of drug-likeness (QED) is 0.598. The van der Waals surface area contributed by atoms with E-state index < -0.39 is 0 Å². The second-order valence-electron chi connectivity index (χ2n) is 2.79. The molecule has 0 saturated carbocycles. The maximum atomic E-state index is 5.32. The highest BCUT2D eigenvalue weighted by Gasteiger charge is 2.16. The molecule has 0 radical (unpaired) electrons. The van der Waals surface area contributed by atoms with Crippen LogP contribution in [0.5, 0.6) is 0 Å². The Hall–Kier alpha value is -0.600. The SMILES string of the molecule is C1=CC(CC2OCCO2)=CC1. The first-order valence-corrected chi connectivity index (χ1v) is 4.04. The molecule has 11 heavy (non-hydrogen) atoms. The van der Waals surface area contributed by atoms with Crippen molar-refractivity contribution in [3.63, 3.8) is 0 Å². The Labute approximate surface area is 66.5 Å². The van der Waals surface area contributed by atoms with Crippen LogP contribution in [0.3, 0.4) is 0 Å². The highest BCUT2D eigenvalue weighted by Crippen LogP contribution is 2.19. The zero-order chi connectivity index (χ0) is 7.52. The first-order valence-electron chi connectivity index (χ1n) is 4.04. The highest BCUT2D eigenvalue weighted by molar-refractivity contribution is 5.26. The van der Waals surface area contributed by atoms with E-state index in [9.17, 15) is 0 Å². The maximum absolute atomic E-state index is 5.32. The van der Waals surface area contributed by atoms with E-state index in [2.05, 4.69) is 18.2 Å². The molecule has 0 aromatic rings. The largest absolute Gasteiger partial charge is 0.350 e. The number of rotatable bonds is 2. The third-order valence-electron chi connectivity index (χ3n) is 1.94. The summed E-state index contributed by atoms with van der Waals surface area (Å²) in [5.74, 6) is 0. The monoisotopic (exact) mass is 152 g/mol. The van der Waals surface area contributed by atoms with Gasteiger partial charge in [-0.3, -0.25) is 0 Å². The molecule has 2 rings (SSSR count). The van der Waals surface area contributed by atoms with E-state index in [0.29, 0.717) is 0 Å². The average molecular weight is 152 g/mol. The first-order chi connectivity index (χ1) is 5.45. The van der Waals surface area contributed by atoms with Crippen LogP contribution in [0.1, 0.15) is 12.8 Å². The Morgan fingerprint density at radius 3 is 2.82 bits per heavy atom. The molecule has 0 N–H and O–H groups in total. The second kappa shape index (κ2) is 3.20. The van der Waals surface area contributed by atoms with Gasteiger partial charge in [-0.1, -0.05) is 18.2 Å². The summed E-state index contributed by atoms with van der Waals surface area (Å²) < 4.78 is 10.6. The predicted molar refractivity (Wildman–Crippen MR) is 42.1 cm³/mol. The van der Waals surface area contributed by atoms with Crippen molar-refractivity contribution in [1.29, 1.82) is 0 Å². The zero-order valence-corrected chi connectivity index (χ0v) is 6.45. The van der Waals surface area contributed by atoms with Crippen LogP contribution in [-0.4, -0.2) is 19.5 Å². The van der Waals surface area contributed by atoms with Gasteiger partial charge < -0.3 is 9.47 Å². The normalized spacial score (nSPS) is 24.5. The van der Waals surface area contributed by atoms with Crippen LogP contribution in [0.25, 0.3) is 0 Å². The van der Waals surface area contributed by atoms with Crippen molar-refractivity contribution in [3.05, 3.63) is 23.8 Å². The molecule has 0 spiro atoms. The minimum atomic E-state index is 0.0176. The third-order valence-corrected chi connectivity index (χ3v) is 1.94. The molecule has 0 aromatic heterocycles. The van der Waals surface area contributed by atoms with Gasteiger partial charge in [0.15, 0.2) is 6.29 Å². The van der Waals surface area contributed by atoms with Gasteiger partial charge in [0, 0.05) is 6.42 Å². The van der Waals surface area contributed by atoms with E-state index >= 15 is 0 Å². The molecular weight excluding hydrogens is 140 g/mol. The summed E-state index contributed by atoms with van der Waals surface area (Å²) in [6, 6.07) is 0. The summed E-state index contributed by atoms with van der Waals surface area (Å²) in [5, 5.41) is 0. The van der Waals surface area contributed by atoms with E-state index in [1.54, 1.807) is 0 Å². The van der Waals surface area contributed by atoms with Crippen LogP contribution in [0, 0.1) is 0 Å². The molecule has 0 amide bonds. The fourth-order valence-electron chi connectivity index (χ4n) is 1.38. The van der Waals surface area contributed by atoms with E-state index in [4.69, 9.17) is 9.47 Å². The standard InChI is InChI=1S/C9H12O2/c1-2-4-8(3-1)7-9-10-5-6-11-9/h1,3-4,9H,2,5-7H2. The molecule has 2 aliphatic rings. The molecule has 1 saturated heterocycles. The Kier molecular flexibility index (Phi) is 2.06. The van der Waals surface area contributed by atoms with Gasteiger partial charge >= 0.3 is 0 Å². The fourth-order valence-corrected chi connectivity index (χ4v) is 1.38. The molecule has 1 aliphatic heterocycles. The van der Waals surface area contributed by atoms with Gasteiger partial charge in [0.1, 0.15) is 0 Å². The zero-order valence-electron chi connectivity index (χ0n) is 6.45. The lowest BCUT2D eigenvalue weighted by atomic mass is 10.2. The lowest BCUT2D eigenvalue weighted by molar-refractivity contribution is -0.0393. The van der Waals surface area contributed by atoms with Gasteiger partial charge in [-0.05, 0) is 12.0 Å². The van der Waals surface area contributed by atoms with E-state index in [0.717, 1.165) is 26.1 Å². The van der Waals surface area contributed by atoms with Crippen molar-refractivity contribution < 1.29 is 9.47 Å². The summed E-state index contributed by atoms with van der Waals surface area (Å²) in [7, 11) is 0. The Balaban J connectivity index is 1.84. The van der Waals surface area contributed by atoms with Crippen LogP contribution < -0.4 is 0 Å². The highest BCUT2D eigenvalue weighted by atomic mass is 16.7. The van der Waals surface area contributed by atoms with Gasteiger partial charge in [-0.15, -0.1) is 0 Å². The van der Waals surface area contributed by atoms with Crippen molar-refractivity contribution in [2.45, 2.75) is 19.1 Å². The smallest absolute Gasteiger partial charge is 0.161 e. The molecule has 1 heterocycles. The molecule has 0 aromatic carbocycles. The molecular formula is C9H12O2. The number of hydrogen-bond donors (Lipinski definition) is 0. The second-order valence-corrected chi connectivity index (χ2v) is 2.79. The molecule has 2 nitrogen and oxygen atoms in total. The molecule has 0 atom stereocenters. The minimum Gasteiger partial charge on any atom is -0.350 e. The summed E-state index contributed by atoms with van der Waals surface area (Å²) >= 11 is 0. The fraction of sp³-hybridized carbons (Fsp3) is 0.556. The summed E-state index contributed by atoms with van der Waals surface area (Å²) in [4.78, 5) is 0. The average Bonchev–Trinajstić information content (AvgIpc) is 2.60. The number of allylic oxidation sites excluding steroid dienone is 3. The lowest BCUT2D eigenvalue weighted by Crippen LogP contribution is -2.07. The maximum Gasteiger partial charge on any atom is 0.161 e. The number of hydrogen-bond acceptors (Lipinski definition) is 2. The molecule has 2 heteroatoms. The van der Waals surface area contributed by atoms with E-state index in [1.165, 1.54) is 5.57 Å². The van der Waals surface area contributed by atoms with E-state index in [1.807, 2.05) is 0 Å². The molecule has 1 fully saturated rings. The minimum absolute atomic E-state index is 0.0176. The van der Waals surface area contributed by atoms with Crippen LogP contribution in [0.4, 0.5) is 0 Å². The van der Waals surface area contributed by atoms with Gasteiger partial charge in [-0.2, -0.15) is 0 Å². The summed E-state index contributed by atoms with van der Waals surface area (Å²) in [6.45, 7) is 1.50. The third kappa shape index (κ3) is 1.70. The molecule has 60 valence electrons. The van der Waals surface area contributed by atoms with Gasteiger partial charge in [0.05, 0.1) is 13.2 Å². The Morgan fingerprint density at radius 1 is 1.36 bits per heavy atom. The van der Waals surface area contributed by atoms with Crippen molar-refractivity contribution in [2.75, 3.05) is 13.2 Å². The summed E-state index contributed by atoms with van der Waals surface area (Å²) in [6.07, 6.45) is 8.52. The first kappa shape index (κ1) is 7.07. The van der Waals surface area contributed by atoms with Gasteiger partial charge in [0.25, 0.3) is 0 Å². The predicted octanol–water partition coefficient (Wildman–Crippen LogP) is 1.64. The van der Waals surface area contributed by atoms with Crippen molar-refractivity contribution in [2.24, 2.45) is 0 Å². The topological polar surface area (TPSA) is 18.5 Å². The van der Waals surface area contributed by atoms with Gasteiger partial charge in [0.2, 0.25) is 0 Å². The molecule has 1 aliphatic carbocycles. The number of ether oxygens (including phenoxy) is 2. The summed E-state index contributed by atoms with van der Waals surface area (Å²) in [5.41, 5.74) is 1.34. The van der Waals surface area contributed by atoms with Crippen molar-refractivity contribution in [1.82, 2.24) is 0 Å². The molecule has 0 unspecified atom stereocenters. The Bertz CT molecular complexity index is 188. The van der Waals surface area contributed by atoms with Gasteiger partial charge in [-0.25, -0.2) is 0 Å². The van der Waals surface area contributed by atoms with Crippen molar-refractivity contribution >= 4 is 0 Å². The van der Waals surface area contributed by atoms with Crippen LogP contribution >= 0.6 is 0 Å². The van der Waals surface area contributed by atoms with Crippen LogP contribution in [-0.2, 0) is 9.47 Å².